The first kappa shape index (κ1) is 19.3. The number of benzene rings is 1. The standard InChI is InChI=1S/C20H27NO6/c1-13-4-6-15(7-5-13)21(2)18(22)12-27-20(23)14-10-16(24-3)19-17(11-14)25-8-9-26-19/h10-11,13,15H,4-9,12H2,1-3H3. The molecular weight excluding hydrogens is 350 g/mol. The molecule has 7 nitrogen and oxygen atoms in total. The molecule has 27 heavy (non-hydrogen) atoms. The maximum absolute atomic E-state index is 12.4. The topological polar surface area (TPSA) is 74.3 Å². The fraction of sp³-hybridized carbons (Fsp3) is 0.600. The van der Waals surface area contributed by atoms with Crippen LogP contribution >= 0.6 is 0 Å². The van der Waals surface area contributed by atoms with E-state index in [2.05, 4.69) is 6.92 Å². The van der Waals surface area contributed by atoms with E-state index in [4.69, 9.17) is 18.9 Å². The number of hydrogen-bond acceptors (Lipinski definition) is 6. The van der Waals surface area contributed by atoms with Crippen molar-refractivity contribution in [1.29, 1.82) is 0 Å². The van der Waals surface area contributed by atoms with Gasteiger partial charge in [-0.1, -0.05) is 6.92 Å². The summed E-state index contributed by atoms with van der Waals surface area (Å²) in [5.41, 5.74) is 0.262. The van der Waals surface area contributed by atoms with Gasteiger partial charge in [-0.25, -0.2) is 4.79 Å². The maximum atomic E-state index is 12.4. The van der Waals surface area contributed by atoms with Crippen LogP contribution in [0.4, 0.5) is 0 Å². The summed E-state index contributed by atoms with van der Waals surface area (Å²) in [6.07, 6.45) is 4.24. The molecule has 0 N–H and O–H groups in total. The first-order valence-electron chi connectivity index (χ1n) is 9.40. The van der Waals surface area contributed by atoms with Crippen molar-refractivity contribution in [2.24, 2.45) is 5.92 Å². The van der Waals surface area contributed by atoms with Crippen molar-refractivity contribution in [3.63, 3.8) is 0 Å². The van der Waals surface area contributed by atoms with Crippen molar-refractivity contribution in [2.45, 2.75) is 38.6 Å². The Kier molecular flexibility index (Phi) is 6.08. The van der Waals surface area contributed by atoms with Crippen LogP contribution in [0, 0.1) is 5.92 Å². The average molecular weight is 377 g/mol. The molecule has 2 aliphatic rings. The molecule has 1 aliphatic carbocycles. The lowest BCUT2D eigenvalue weighted by Gasteiger charge is -2.33. The average Bonchev–Trinajstić information content (AvgIpc) is 2.70. The molecule has 1 fully saturated rings. The van der Waals surface area contributed by atoms with Crippen LogP contribution in [0.5, 0.6) is 17.2 Å². The zero-order valence-corrected chi connectivity index (χ0v) is 16.2. The van der Waals surface area contributed by atoms with Crippen LogP contribution in [-0.4, -0.2) is 56.8 Å². The molecule has 3 rings (SSSR count). The van der Waals surface area contributed by atoms with Gasteiger partial charge < -0.3 is 23.8 Å². The van der Waals surface area contributed by atoms with Gasteiger partial charge in [-0.05, 0) is 43.7 Å². The zero-order valence-electron chi connectivity index (χ0n) is 16.2. The van der Waals surface area contributed by atoms with Crippen LogP contribution in [0.15, 0.2) is 12.1 Å². The van der Waals surface area contributed by atoms with Gasteiger partial charge in [0.1, 0.15) is 13.2 Å². The number of carbonyl (C=O) groups excluding carboxylic acids is 2. The molecule has 0 unspecified atom stereocenters. The highest BCUT2D eigenvalue weighted by molar-refractivity contribution is 5.92. The Morgan fingerprint density at radius 2 is 1.85 bits per heavy atom. The summed E-state index contributed by atoms with van der Waals surface area (Å²) in [6.45, 7) is 2.78. The van der Waals surface area contributed by atoms with Crippen molar-refractivity contribution < 1.29 is 28.5 Å². The fourth-order valence-electron chi connectivity index (χ4n) is 3.54. The largest absolute Gasteiger partial charge is 0.493 e. The van der Waals surface area contributed by atoms with Gasteiger partial charge >= 0.3 is 5.97 Å². The van der Waals surface area contributed by atoms with E-state index in [1.54, 1.807) is 18.0 Å². The highest BCUT2D eigenvalue weighted by Gasteiger charge is 2.26. The minimum Gasteiger partial charge on any atom is -0.493 e. The lowest BCUT2D eigenvalue weighted by atomic mass is 9.87. The number of fused-ring (bicyclic) bond motifs is 1. The SMILES string of the molecule is COc1cc(C(=O)OCC(=O)N(C)C2CCC(C)CC2)cc2c1OCCO2. The van der Waals surface area contributed by atoms with Gasteiger partial charge in [0.15, 0.2) is 18.1 Å². The van der Waals surface area contributed by atoms with Crippen molar-refractivity contribution in [3.8, 4) is 17.2 Å². The Balaban J connectivity index is 1.59. The molecule has 0 bridgehead atoms. The number of likely N-dealkylation sites (N-methyl/N-ethyl adjacent to an activating group) is 1. The third-order valence-corrected chi connectivity index (χ3v) is 5.32. The predicted molar refractivity (Wildman–Crippen MR) is 98.5 cm³/mol. The molecule has 1 amide bonds. The van der Waals surface area contributed by atoms with Gasteiger partial charge in [-0.3, -0.25) is 4.79 Å². The van der Waals surface area contributed by atoms with Crippen LogP contribution in [-0.2, 0) is 9.53 Å². The first-order chi connectivity index (χ1) is 13.0. The number of ether oxygens (including phenoxy) is 4. The molecule has 1 aromatic carbocycles. The number of nitrogens with zero attached hydrogens (tertiary/aromatic N) is 1. The number of hydrogen-bond donors (Lipinski definition) is 0. The second kappa shape index (κ2) is 8.50. The van der Waals surface area contributed by atoms with Crippen LogP contribution in [0.3, 0.4) is 0 Å². The number of rotatable bonds is 5. The third-order valence-electron chi connectivity index (χ3n) is 5.32. The summed E-state index contributed by atoms with van der Waals surface area (Å²) < 4.78 is 21.5. The van der Waals surface area contributed by atoms with Crippen LogP contribution in [0.1, 0.15) is 43.0 Å². The molecule has 1 aromatic rings. The molecule has 1 saturated carbocycles. The van der Waals surface area contributed by atoms with Crippen molar-refractivity contribution in [1.82, 2.24) is 4.90 Å². The molecule has 0 radical (unpaired) electrons. The Bertz CT molecular complexity index is 679. The Morgan fingerprint density at radius 1 is 1.15 bits per heavy atom. The van der Waals surface area contributed by atoms with Crippen molar-refractivity contribution in [2.75, 3.05) is 34.0 Å². The smallest absolute Gasteiger partial charge is 0.338 e. The number of amides is 1. The van der Waals surface area contributed by atoms with Gasteiger partial charge in [-0.15, -0.1) is 0 Å². The van der Waals surface area contributed by atoms with E-state index < -0.39 is 5.97 Å². The predicted octanol–water partition coefficient (Wildman–Crippen LogP) is 2.66. The molecule has 1 heterocycles. The zero-order chi connectivity index (χ0) is 19.4. The van der Waals surface area contributed by atoms with E-state index in [9.17, 15) is 9.59 Å². The molecule has 0 aromatic heterocycles. The molecule has 1 aliphatic heterocycles. The molecule has 0 saturated heterocycles. The van der Waals surface area contributed by atoms with E-state index in [0.717, 1.165) is 25.7 Å². The summed E-state index contributed by atoms with van der Waals surface area (Å²) in [6, 6.07) is 3.31. The lowest BCUT2D eigenvalue weighted by molar-refractivity contribution is -0.136. The quantitative estimate of drug-likeness (QED) is 0.735. The van der Waals surface area contributed by atoms with Crippen molar-refractivity contribution >= 4 is 11.9 Å². The number of esters is 1. The van der Waals surface area contributed by atoms with E-state index >= 15 is 0 Å². The first-order valence-corrected chi connectivity index (χ1v) is 9.40. The van der Waals surface area contributed by atoms with Crippen LogP contribution < -0.4 is 14.2 Å². The van der Waals surface area contributed by atoms with Gasteiger partial charge in [0.25, 0.3) is 5.91 Å². The molecule has 0 atom stereocenters. The Morgan fingerprint density at radius 3 is 2.56 bits per heavy atom. The number of carbonyl (C=O) groups is 2. The second-order valence-electron chi connectivity index (χ2n) is 7.20. The van der Waals surface area contributed by atoms with Gasteiger partial charge in [0.2, 0.25) is 5.75 Å². The minimum absolute atomic E-state index is 0.188. The summed E-state index contributed by atoms with van der Waals surface area (Å²) in [7, 11) is 3.27. The van der Waals surface area contributed by atoms with E-state index in [1.807, 2.05) is 0 Å². The maximum Gasteiger partial charge on any atom is 0.338 e. The summed E-state index contributed by atoms with van der Waals surface area (Å²) >= 11 is 0. The Labute approximate surface area is 159 Å². The molecule has 148 valence electrons. The number of methoxy groups -OCH3 is 1. The van der Waals surface area contributed by atoms with Gasteiger partial charge in [-0.2, -0.15) is 0 Å². The Hall–Kier alpha value is -2.44. The summed E-state index contributed by atoms with van der Waals surface area (Å²) in [4.78, 5) is 26.5. The van der Waals surface area contributed by atoms with E-state index in [0.29, 0.717) is 36.4 Å². The normalized spacial score (nSPS) is 21.3. The highest BCUT2D eigenvalue weighted by Crippen LogP contribution is 2.40. The molecule has 7 heteroatoms. The van der Waals surface area contributed by atoms with Gasteiger partial charge in [0.05, 0.1) is 12.7 Å². The third kappa shape index (κ3) is 4.46. The molecular formula is C20H27NO6. The highest BCUT2D eigenvalue weighted by atomic mass is 16.6. The van der Waals surface area contributed by atoms with E-state index in [1.165, 1.54) is 13.2 Å². The lowest BCUT2D eigenvalue weighted by Crippen LogP contribution is -2.41. The monoisotopic (exact) mass is 377 g/mol. The second-order valence-corrected chi connectivity index (χ2v) is 7.20. The summed E-state index contributed by atoms with van der Waals surface area (Å²) in [5, 5.41) is 0. The fourth-order valence-corrected chi connectivity index (χ4v) is 3.54. The van der Waals surface area contributed by atoms with Crippen LogP contribution in [0.25, 0.3) is 0 Å². The summed E-state index contributed by atoms with van der Waals surface area (Å²) in [5.74, 6) is 1.25. The minimum atomic E-state index is -0.593. The van der Waals surface area contributed by atoms with Crippen molar-refractivity contribution in [3.05, 3.63) is 17.7 Å². The molecule has 0 spiro atoms. The van der Waals surface area contributed by atoms with Gasteiger partial charge in [0, 0.05) is 13.1 Å². The van der Waals surface area contributed by atoms with E-state index in [-0.39, 0.29) is 24.1 Å². The van der Waals surface area contributed by atoms with Crippen LogP contribution in [0.2, 0.25) is 0 Å².